The second kappa shape index (κ2) is 2.59. The van der Waals surface area contributed by atoms with Crippen LogP contribution in [-0.4, -0.2) is 22.3 Å². The van der Waals surface area contributed by atoms with Crippen LogP contribution in [0.2, 0.25) is 0 Å². The zero-order chi connectivity index (χ0) is 9.35. The number of amides is 2. The highest BCUT2D eigenvalue weighted by Crippen LogP contribution is 2.22. The zero-order valence-electron chi connectivity index (χ0n) is 7.13. The molecule has 0 aromatic carbocycles. The van der Waals surface area contributed by atoms with Crippen LogP contribution in [0.4, 0.5) is 0 Å². The predicted molar refractivity (Wildman–Crippen MR) is 40.8 cm³/mol. The molecule has 0 bridgehead atoms. The van der Waals surface area contributed by atoms with Gasteiger partial charge in [-0.2, -0.15) is 5.26 Å². The fraction of sp³-hybridized carbons (Fsp3) is 0.625. The fourth-order valence-corrected chi connectivity index (χ4v) is 1.25. The Hall–Kier alpha value is -1.37. The van der Waals surface area contributed by atoms with Gasteiger partial charge in [-0.15, -0.1) is 0 Å². The number of hydrogen-bond acceptors (Lipinski definition) is 3. The molecule has 1 rings (SSSR count). The summed E-state index contributed by atoms with van der Waals surface area (Å²) in [5.41, 5.74) is -0.995. The van der Waals surface area contributed by atoms with Crippen molar-refractivity contribution in [3.8, 4) is 6.07 Å². The molecule has 1 aliphatic rings. The topological polar surface area (TPSA) is 61.2 Å². The maximum Gasteiger partial charge on any atom is 0.231 e. The first-order valence-corrected chi connectivity index (χ1v) is 3.76. The standard InChI is InChI=1S/C8H10N2O2/c1-8(2,5-9)10-6(11)3-4-7(10)12/h3-4H2,1-2H3. The molecule has 0 atom stereocenters. The third-order valence-corrected chi connectivity index (χ3v) is 1.88. The van der Waals surface area contributed by atoms with E-state index in [4.69, 9.17) is 5.26 Å². The summed E-state index contributed by atoms with van der Waals surface area (Å²) >= 11 is 0. The molecule has 0 unspecified atom stereocenters. The number of nitriles is 1. The van der Waals surface area contributed by atoms with Gasteiger partial charge in [0.05, 0.1) is 6.07 Å². The number of hydrogen-bond donors (Lipinski definition) is 0. The van der Waals surface area contributed by atoms with Crippen molar-refractivity contribution < 1.29 is 9.59 Å². The van der Waals surface area contributed by atoms with Crippen LogP contribution in [0.15, 0.2) is 0 Å². The Kier molecular flexibility index (Phi) is 1.89. The first-order valence-electron chi connectivity index (χ1n) is 3.76. The van der Waals surface area contributed by atoms with Crippen molar-refractivity contribution in [3.63, 3.8) is 0 Å². The third-order valence-electron chi connectivity index (χ3n) is 1.88. The average Bonchev–Trinajstić information content (AvgIpc) is 2.31. The zero-order valence-corrected chi connectivity index (χ0v) is 7.13. The van der Waals surface area contributed by atoms with Crippen LogP contribution in [-0.2, 0) is 9.59 Å². The molecule has 1 fully saturated rings. The van der Waals surface area contributed by atoms with Crippen LogP contribution >= 0.6 is 0 Å². The van der Waals surface area contributed by atoms with Gasteiger partial charge in [0.2, 0.25) is 11.8 Å². The van der Waals surface area contributed by atoms with Gasteiger partial charge in [0.1, 0.15) is 5.54 Å². The normalized spacial score (nSPS) is 18.2. The van der Waals surface area contributed by atoms with Gasteiger partial charge in [-0.25, -0.2) is 0 Å². The molecule has 0 saturated carbocycles. The molecule has 64 valence electrons. The van der Waals surface area contributed by atoms with Crippen molar-refractivity contribution in [1.29, 1.82) is 5.26 Å². The van der Waals surface area contributed by atoms with Gasteiger partial charge < -0.3 is 0 Å². The average molecular weight is 166 g/mol. The van der Waals surface area contributed by atoms with E-state index in [1.54, 1.807) is 13.8 Å². The highest BCUT2D eigenvalue weighted by atomic mass is 16.2. The van der Waals surface area contributed by atoms with Crippen molar-refractivity contribution in [1.82, 2.24) is 4.90 Å². The summed E-state index contributed by atoms with van der Waals surface area (Å²) in [7, 11) is 0. The molecule has 1 heterocycles. The Morgan fingerprint density at radius 1 is 1.33 bits per heavy atom. The molecule has 0 aromatic rings. The lowest BCUT2D eigenvalue weighted by Crippen LogP contribution is -2.46. The van der Waals surface area contributed by atoms with Gasteiger partial charge in [0, 0.05) is 12.8 Å². The summed E-state index contributed by atoms with van der Waals surface area (Å²) in [5, 5.41) is 8.69. The van der Waals surface area contributed by atoms with E-state index >= 15 is 0 Å². The lowest BCUT2D eigenvalue weighted by Gasteiger charge is -2.26. The number of likely N-dealkylation sites (tertiary alicyclic amines) is 1. The number of imide groups is 1. The van der Waals surface area contributed by atoms with E-state index in [1.807, 2.05) is 6.07 Å². The summed E-state index contributed by atoms with van der Waals surface area (Å²) in [6, 6.07) is 1.93. The molecule has 1 saturated heterocycles. The monoisotopic (exact) mass is 166 g/mol. The molecular weight excluding hydrogens is 156 g/mol. The van der Waals surface area contributed by atoms with Crippen molar-refractivity contribution >= 4 is 11.8 Å². The van der Waals surface area contributed by atoms with Crippen LogP contribution in [0.3, 0.4) is 0 Å². The van der Waals surface area contributed by atoms with Crippen molar-refractivity contribution in [2.45, 2.75) is 32.2 Å². The lowest BCUT2D eigenvalue weighted by atomic mass is 10.1. The Bertz CT molecular complexity index is 259. The summed E-state index contributed by atoms with van der Waals surface area (Å²) < 4.78 is 0. The van der Waals surface area contributed by atoms with Crippen LogP contribution in [0.25, 0.3) is 0 Å². The fourth-order valence-electron chi connectivity index (χ4n) is 1.25. The third kappa shape index (κ3) is 1.18. The highest BCUT2D eigenvalue weighted by molar-refractivity contribution is 6.03. The Balaban J connectivity index is 2.95. The van der Waals surface area contributed by atoms with E-state index in [0.717, 1.165) is 4.90 Å². The summed E-state index contributed by atoms with van der Waals surface area (Å²) in [5.74, 6) is -0.488. The first kappa shape index (κ1) is 8.72. The highest BCUT2D eigenvalue weighted by Gasteiger charge is 2.40. The van der Waals surface area contributed by atoms with Crippen LogP contribution in [0.1, 0.15) is 26.7 Å². The Morgan fingerprint density at radius 3 is 2.08 bits per heavy atom. The quantitative estimate of drug-likeness (QED) is 0.531. The maximum absolute atomic E-state index is 11.1. The molecule has 2 amide bonds. The maximum atomic E-state index is 11.1. The number of nitrogens with zero attached hydrogens (tertiary/aromatic N) is 2. The second-order valence-corrected chi connectivity index (χ2v) is 3.29. The van der Waals surface area contributed by atoms with E-state index in [2.05, 4.69) is 0 Å². The smallest absolute Gasteiger partial charge is 0.231 e. The molecule has 0 aromatic heterocycles. The van der Waals surface area contributed by atoms with Gasteiger partial charge in [0.15, 0.2) is 0 Å². The lowest BCUT2D eigenvalue weighted by molar-refractivity contribution is -0.142. The van der Waals surface area contributed by atoms with Gasteiger partial charge >= 0.3 is 0 Å². The van der Waals surface area contributed by atoms with Crippen LogP contribution in [0, 0.1) is 11.3 Å². The van der Waals surface area contributed by atoms with E-state index in [1.165, 1.54) is 0 Å². The summed E-state index contributed by atoms with van der Waals surface area (Å²) in [4.78, 5) is 23.3. The molecule has 1 aliphatic heterocycles. The molecule has 12 heavy (non-hydrogen) atoms. The van der Waals surface area contributed by atoms with E-state index in [9.17, 15) is 9.59 Å². The van der Waals surface area contributed by atoms with Gasteiger partial charge in [-0.3, -0.25) is 14.5 Å². The van der Waals surface area contributed by atoms with Gasteiger partial charge in [-0.05, 0) is 13.8 Å². The largest absolute Gasteiger partial charge is 0.274 e. The minimum atomic E-state index is -0.995. The Morgan fingerprint density at radius 2 is 1.75 bits per heavy atom. The minimum Gasteiger partial charge on any atom is -0.274 e. The number of carbonyl (C=O) groups is 2. The second-order valence-electron chi connectivity index (χ2n) is 3.29. The van der Waals surface area contributed by atoms with E-state index in [0.29, 0.717) is 0 Å². The SMILES string of the molecule is CC(C)(C#N)N1C(=O)CCC1=O. The van der Waals surface area contributed by atoms with E-state index < -0.39 is 5.54 Å². The van der Waals surface area contributed by atoms with Crippen LogP contribution in [0.5, 0.6) is 0 Å². The van der Waals surface area contributed by atoms with Crippen molar-refractivity contribution in [3.05, 3.63) is 0 Å². The number of rotatable bonds is 1. The Labute approximate surface area is 70.8 Å². The van der Waals surface area contributed by atoms with E-state index in [-0.39, 0.29) is 24.7 Å². The molecule has 0 N–H and O–H groups in total. The molecular formula is C8H10N2O2. The summed E-state index contributed by atoms with van der Waals surface area (Å²) in [6.45, 7) is 3.13. The molecule has 0 aliphatic carbocycles. The molecule has 4 heteroatoms. The molecule has 0 radical (unpaired) electrons. The predicted octanol–water partition coefficient (Wildman–Crippen LogP) is 0.438. The van der Waals surface area contributed by atoms with Gasteiger partial charge in [-0.1, -0.05) is 0 Å². The van der Waals surface area contributed by atoms with Crippen molar-refractivity contribution in [2.24, 2.45) is 0 Å². The molecule has 0 spiro atoms. The first-order chi connectivity index (χ1) is 5.49. The number of carbonyl (C=O) groups excluding carboxylic acids is 2. The molecule has 4 nitrogen and oxygen atoms in total. The minimum absolute atomic E-state index is 0.240. The van der Waals surface area contributed by atoms with Crippen molar-refractivity contribution in [2.75, 3.05) is 0 Å². The summed E-state index contributed by atoms with van der Waals surface area (Å²) in [6.07, 6.45) is 0.480. The van der Waals surface area contributed by atoms with Crippen LogP contribution < -0.4 is 0 Å². The van der Waals surface area contributed by atoms with Gasteiger partial charge in [0.25, 0.3) is 0 Å².